The molecule has 9 heteroatoms. The van der Waals surface area contributed by atoms with E-state index in [9.17, 15) is 22.8 Å². The molecular weight excluding hydrogens is 481 g/mol. The Morgan fingerprint density at radius 1 is 1.09 bits per heavy atom. The summed E-state index contributed by atoms with van der Waals surface area (Å²) in [6, 6.07) is 15.5. The van der Waals surface area contributed by atoms with Crippen molar-refractivity contribution in [2.75, 3.05) is 11.9 Å². The number of anilines is 1. The van der Waals surface area contributed by atoms with Crippen LogP contribution in [0.2, 0.25) is 5.02 Å². The van der Waals surface area contributed by atoms with Gasteiger partial charge in [0, 0.05) is 17.3 Å². The Labute approximate surface area is 205 Å². The first kappa shape index (κ1) is 24.6. The summed E-state index contributed by atoms with van der Waals surface area (Å²) >= 11 is 5.69. The Hall–Kier alpha value is -3.52. The van der Waals surface area contributed by atoms with E-state index in [1.54, 1.807) is 18.2 Å². The molecule has 1 atom stereocenters. The van der Waals surface area contributed by atoms with Gasteiger partial charge in [-0.2, -0.15) is 13.2 Å². The minimum Gasteiger partial charge on any atom is -0.492 e. The first-order chi connectivity index (χ1) is 16.6. The molecule has 0 fully saturated rings. The highest BCUT2D eigenvalue weighted by Gasteiger charge is 2.35. The average molecular weight is 503 g/mol. The van der Waals surface area contributed by atoms with Crippen molar-refractivity contribution in [1.29, 1.82) is 0 Å². The lowest BCUT2D eigenvalue weighted by Gasteiger charge is -2.25. The van der Waals surface area contributed by atoms with Gasteiger partial charge in [-0.15, -0.1) is 0 Å². The topological polar surface area (TPSA) is 67.4 Å². The van der Waals surface area contributed by atoms with Gasteiger partial charge in [-0.25, -0.2) is 0 Å². The molecule has 0 saturated heterocycles. The lowest BCUT2D eigenvalue weighted by molar-refractivity contribution is -0.137. The third kappa shape index (κ3) is 5.77. The van der Waals surface area contributed by atoms with Crippen LogP contribution < -0.4 is 15.4 Å². The molecular formula is C26H22ClF3N2O3. The molecule has 0 bridgehead atoms. The molecule has 4 rings (SSSR count). The van der Waals surface area contributed by atoms with Crippen LogP contribution in [0.25, 0.3) is 0 Å². The van der Waals surface area contributed by atoms with E-state index in [-0.39, 0.29) is 17.5 Å². The summed E-state index contributed by atoms with van der Waals surface area (Å²) in [5.41, 5.74) is 1.41. The molecule has 1 aliphatic heterocycles. The van der Waals surface area contributed by atoms with Crippen LogP contribution >= 0.6 is 11.6 Å². The van der Waals surface area contributed by atoms with E-state index in [2.05, 4.69) is 10.6 Å². The Kier molecular flexibility index (Phi) is 7.03. The standard InChI is InChI=1S/C26H22ClF3N2O3/c1-15-4-2-3-5-16(15)13-31-24(33)18-10-17-11-20(7-9-23(17)35-14-18)32-25(34)21-8-6-19(27)12-22(21)26(28,29)30/h2-9,11-12,18H,10,13-14H2,1H3,(H,31,33)(H,32,34). The maximum Gasteiger partial charge on any atom is 0.417 e. The molecule has 0 aromatic heterocycles. The molecule has 0 saturated carbocycles. The van der Waals surface area contributed by atoms with E-state index in [0.29, 0.717) is 30.0 Å². The van der Waals surface area contributed by atoms with Crippen molar-refractivity contribution in [2.24, 2.45) is 5.92 Å². The number of ether oxygens (including phenoxy) is 1. The number of hydrogen-bond acceptors (Lipinski definition) is 3. The van der Waals surface area contributed by atoms with Crippen LogP contribution in [-0.2, 0) is 23.9 Å². The molecule has 1 aliphatic rings. The van der Waals surface area contributed by atoms with Crippen LogP contribution in [0.5, 0.6) is 5.75 Å². The van der Waals surface area contributed by atoms with E-state index in [4.69, 9.17) is 16.3 Å². The van der Waals surface area contributed by atoms with Crippen molar-refractivity contribution in [2.45, 2.75) is 26.1 Å². The predicted octanol–water partition coefficient (Wildman–Crippen LogP) is 5.79. The van der Waals surface area contributed by atoms with Gasteiger partial charge in [0.1, 0.15) is 12.4 Å². The van der Waals surface area contributed by atoms with Gasteiger partial charge in [-0.1, -0.05) is 35.9 Å². The number of aryl methyl sites for hydroxylation is 1. The Balaban J connectivity index is 1.45. The van der Waals surface area contributed by atoms with E-state index in [0.717, 1.165) is 23.3 Å². The third-order valence-corrected chi connectivity index (χ3v) is 6.08. The number of halogens is 4. The van der Waals surface area contributed by atoms with Gasteiger partial charge in [0.15, 0.2) is 0 Å². The van der Waals surface area contributed by atoms with Gasteiger partial charge < -0.3 is 15.4 Å². The molecule has 0 spiro atoms. The summed E-state index contributed by atoms with van der Waals surface area (Å²) in [5, 5.41) is 5.31. The van der Waals surface area contributed by atoms with Crippen molar-refractivity contribution < 1.29 is 27.5 Å². The zero-order valence-corrected chi connectivity index (χ0v) is 19.5. The lowest BCUT2D eigenvalue weighted by Crippen LogP contribution is -2.37. The SMILES string of the molecule is Cc1ccccc1CNC(=O)C1COc2ccc(NC(=O)c3ccc(Cl)cc3C(F)(F)F)cc2C1. The number of alkyl halides is 3. The smallest absolute Gasteiger partial charge is 0.417 e. The zero-order chi connectivity index (χ0) is 25.2. The molecule has 2 N–H and O–H groups in total. The second-order valence-corrected chi connectivity index (χ2v) is 8.76. The van der Waals surface area contributed by atoms with E-state index < -0.39 is 29.1 Å². The molecule has 3 aromatic rings. The minimum atomic E-state index is -4.74. The summed E-state index contributed by atoms with van der Waals surface area (Å²) in [7, 11) is 0. The highest BCUT2D eigenvalue weighted by Crippen LogP contribution is 2.35. The first-order valence-electron chi connectivity index (χ1n) is 10.9. The molecule has 3 aromatic carbocycles. The van der Waals surface area contributed by atoms with Gasteiger partial charge in [-0.3, -0.25) is 9.59 Å². The second kappa shape index (κ2) is 10.00. The molecule has 35 heavy (non-hydrogen) atoms. The van der Waals surface area contributed by atoms with Crippen molar-refractivity contribution in [3.8, 4) is 5.75 Å². The van der Waals surface area contributed by atoms with E-state index in [1.165, 1.54) is 6.07 Å². The highest BCUT2D eigenvalue weighted by atomic mass is 35.5. The number of hydrogen-bond donors (Lipinski definition) is 2. The summed E-state index contributed by atoms with van der Waals surface area (Å²) in [5.74, 6) is -0.957. The minimum absolute atomic E-state index is 0.119. The van der Waals surface area contributed by atoms with Gasteiger partial charge >= 0.3 is 6.18 Å². The number of carbonyl (C=O) groups is 2. The first-order valence-corrected chi connectivity index (χ1v) is 11.3. The Bertz CT molecular complexity index is 1280. The number of nitrogens with one attached hydrogen (secondary N) is 2. The van der Waals surface area contributed by atoms with Gasteiger partial charge in [0.2, 0.25) is 5.91 Å². The van der Waals surface area contributed by atoms with Crippen molar-refractivity contribution in [3.63, 3.8) is 0 Å². The van der Waals surface area contributed by atoms with Gasteiger partial charge in [0.25, 0.3) is 5.91 Å². The molecule has 182 valence electrons. The second-order valence-electron chi connectivity index (χ2n) is 8.32. The number of fused-ring (bicyclic) bond motifs is 1. The normalized spacial score (nSPS) is 15.1. The summed E-state index contributed by atoms with van der Waals surface area (Å²) < 4.78 is 45.8. The van der Waals surface area contributed by atoms with Crippen LogP contribution in [0.1, 0.15) is 32.6 Å². The van der Waals surface area contributed by atoms with Gasteiger partial charge in [0.05, 0.1) is 17.0 Å². The highest BCUT2D eigenvalue weighted by molar-refractivity contribution is 6.30. The lowest BCUT2D eigenvalue weighted by atomic mass is 9.95. The van der Waals surface area contributed by atoms with Gasteiger partial charge in [-0.05, 0) is 66.4 Å². The number of carbonyl (C=O) groups excluding carboxylic acids is 2. The summed E-state index contributed by atoms with van der Waals surface area (Å²) in [6.07, 6.45) is -4.37. The van der Waals surface area contributed by atoms with Crippen molar-refractivity contribution in [3.05, 3.63) is 93.5 Å². The van der Waals surface area contributed by atoms with E-state index in [1.807, 2.05) is 31.2 Å². The molecule has 5 nitrogen and oxygen atoms in total. The summed E-state index contributed by atoms with van der Waals surface area (Å²) in [4.78, 5) is 25.4. The van der Waals surface area contributed by atoms with Crippen molar-refractivity contribution >= 4 is 29.1 Å². The van der Waals surface area contributed by atoms with Crippen LogP contribution in [0.3, 0.4) is 0 Å². The third-order valence-electron chi connectivity index (χ3n) is 5.84. The molecule has 0 radical (unpaired) electrons. The van der Waals surface area contributed by atoms with Crippen LogP contribution in [0.15, 0.2) is 60.7 Å². The Morgan fingerprint density at radius 2 is 1.86 bits per heavy atom. The number of benzene rings is 3. The fourth-order valence-electron chi connectivity index (χ4n) is 3.92. The van der Waals surface area contributed by atoms with Crippen LogP contribution in [-0.4, -0.2) is 18.4 Å². The number of rotatable bonds is 5. The number of amides is 2. The van der Waals surface area contributed by atoms with Crippen LogP contribution in [0, 0.1) is 12.8 Å². The maximum atomic E-state index is 13.4. The largest absolute Gasteiger partial charge is 0.492 e. The molecule has 2 amide bonds. The Morgan fingerprint density at radius 3 is 2.60 bits per heavy atom. The van der Waals surface area contributed by atoms with Crippen LogP contribution in [0.4, 0.5) is 18.9 Å². The fraction of sp³-hybridized carbons (Fsp3) is 0.231. The monoisotopic (exact) mass is 502 g/mol. The molecule has 1 heterocycles. The molecule has 1 unspecified atom stereocenters. The fourth-order valence-corrected chi connectivity index (χ4v) is 4.10. The van der Waals surface area contributed by atoms with Crippen molar-refractivity contribution in [1.82, 2.24) is 5.32 Å². The predicted molar refractivity (Wildman–Crippen MR) is 127 cm³/mol. The van der Waals surface area contributed by atoms with E-state index >= 15 is 0 Å². The summed E-state index contributed by atoms with van der Waals surface area (Å²) in [6.45, 7) is 2.57. The molecule has 0 aliphatic carbocycles. The average Bonchev–Trinajstić information content (AvgIpc) is 2.82. The zero-order valence-electron chi connectivity index (χ0n) is 18.7. The quantitative estimate of drug-likeness (QED) is 0.464. The maximum absolute atomic E-state index is 13.4.